The van der Waals surface area contributed by atoms with Crippen LogP contribution >= 0.6 is 23.2 Å². The summed E-state index contributed by atoms with van der Waals surface area (Å²) < 4.78 is 27.6. The molecule has 3 aromatic carbocycles. The van der Waals surface area contributed by atoms with E-state index in [0.717, 1.165) is 0 Å². The quantitative estimate of drug-likeness (QED) is 0.238. The van der Waals surface area contributed by atoms with Gasteiger partial charge in [0.15, 0.2) is 23.0 Å². The van der Waals surface area contributed by atoms with Crippen LogP contribution in [0.5, 0.6) is 28.7 Å². The Morgan fingerprint density at radius 3 is 2.31 bits per heavy atom. The van der Waals surface area contributed by atoms with E-state index in [2.05, 4.69) is 0 Å². The standard InChI is InChI=1S/C28H23Cl2NO8/c1-35-18-7-5-4-6-15(18)23-21(24(32)16-13-17(29)27(37-3)22(30)26(16)36-2)25(33)28(34)31(23)14-8-9-19-20(12-14)39-11-10-38-19/h4-9,12-13,23,32H,10-11H2,1-3H3/b24-21+. The number of aliphatic hydroxyl groups is 1. The molecule has 2 heterocycles. The maximum Gasteiger partial charge on any atom is 0.300 e. The zero-order valence-electron chi connectivity index (χ0n) is 21.1. The van der Waals surface area contributed by atoms with Crippen LogP contribution in [0.2, 0.25) is 10.0 Å². The van der Waals surface area contributed by atoms with Gasteiger partial charge in [-0.1, -0.05) is 41.4 Å². The fraction of sp³-hybridized carbons (Fsp3) is 0.214. The average molecular weight is 572 g/mol. The van der Waals surface area contributed by atoms with Gasteiger partial charge in [-0.05, 0) is 24.3 Å². The number of rotatable bonds is 6. The molecule has 0 bridgehead atoms. The summed E-state index contributed by atoms with van der Waals surface area (Å²) >= 11 is 12.8. The third-order valence-electron chi connectivity index (χ3n) is 6.48. The molecule has 1 N–H and O–H groups in total. The van der Waals surface area contributed by atoms with Crippen molar-refractivity contribution < 1.29 is 38.4 Å². The Bertz CT molecular complexity index is 1520. The second-order valence-corrected chi connectivity index (χ2v) is 9.31. The second kappa shape index (κ2) is 10.6. The smallest absolute Gasteiger partial charge is 0.300 e. The van der Waals surface area contributed by atoms with Gasteiger partial charge in [0.25, 0.3) is 11.7 Å². The Labute approximate surface area is 234 Å². The summed E-state index contributed by atoms with van der Waals surface area (Å²) in [6, 6.07) is 12.1. The highest BCUT2D eigenvalue weighted by atomic mass is 35.5. The lowest BCUT2D eigenvalue weighted by molar-refractivity contribution is -0.132. The molecule has 2 aliphatic rings. The number of Topliss-reactive ketones (excluding diaryl/α,β-unsaturated/α-hetero) is 1. The van der Waals surface area contributed by atoms with Gasteiger partial charge in [0, 0.05) is 17.3 Å². The van der Waals surface area contributed by atoms with Gasteiger partial charge >= 0.3 is 0 Å². The van der Waals surface area contributed by atoms with Gasteiger partial charge in [-0.25, -0.2) is 0 Å². The zero-order valence-corrected chi connectivity index (χ0v) is 22.6. The average Bonchev–Trinajstić information content (AvgIpc) is 3.22. The van der Waals surface area contributed by atoms with Gasteiger partial charge in [-0.2, -0.15) is 0 Å². The summed E-state index contributed by atoms with van der Waals surface area (Å²) in [4.78, 5) is 28.5. The van der Waals surface area contributed by atoms with Crippen molar-refractivity contribution in [1.82, 2.24) is 0 Å². The first kappa shape index (κ1) is 26.5. The summed E-state index contributed by atoms with van der Waals surface area (Å²) in [7, 11) is 4.20. The van der Waals surface area contributed by atoms with Crippen LogP contribution < -0.4 is 28.6 Å². The molecule has 2 aliphatic heterocycles. The summed E-state index contributed by atoms with van der Waals surface area (Å²) in [6.45, 7) is 0.733. The van der Waals surface area contributed by atoms with Crippen LogP contribution in [0.4, 0.5) is 5.69 Å². The number of nitrogens with zero attached hydrogens (tertiary/aromatic N) is 1. The van der Waals surface area contributed by atoms with Crippen molar-refractivity contribution in [2.24, 2.45) is 0 Å². The van der Waals surface area contributed by atoms with E-state index in [1.54, 1.807) is 42.5 Å². The Morgan fingerprint density at radius 1 is 0.923 bits per heavy atom. The van der Waals surface area contributed by atoms with Crippen LogP contribution in [0.25, 0.3) is 5.76 Å². The molecule has 3 aromatic rings. The van der Waals surface area contributed by atoms with Crippen LogP contribution in [0, 0.1) is 0 Å². The molecule has 9 nitrogen and oxygen atoms in total. The van der Waals surface area contributed by atoms with Gasteiger partial charge in [-0.3, -0.25) is 14.5 Å². The van der Waals surface area contributed by atoms with Crippen molar-refractivity contribution in [3.05, 3.63) is 75.3 Å². The summed E-state index contributed by atoms with van der Waals surface area (Å²) in [5.41, 5.74) is 0.609. The maximum absolute atomic E-state index is 13.6. The van der Waals surface area contributed by atoms with Gasteiger partial charge < -0.3 is 28.8 Å². The van der Waals surface area contributed by atoms with E-state index in [1.165, 1.54) is 32.3 Å². The van der Waals surface area contributed by atoms with E-state index >= 15 is 0 Å². The van der Waals surface area contributed by atoms with Gasteiger partial charge in [0.05, 0.1) is 43.5 Å². The Balaban J connectivity index is 1.78. The van der Waals surface area contributed by atoms with Gasteiger partial charge in [0.2, 0.25) is 0 Å². The summed E-state index contributed by atoms with van der Waals surface area (Å²) in [5.74, 6) is -0.845. The Morgan fingerprint density at radius 2 is 1.62 bits per heavy atom. The van der Waals surface area contributed by atoms with E-state index in [-0.39, 0.29) is 32.7 Å². The molecule has 5 rings (SSSR count). The summed E-state index contributed by atoms with van der Waals surface area (Å²) in [6.07, 6.45) is 0. The molecule has 1 amide bonds. The number of methoxy groups -OCH3 is 3. The number of anilines is 1. The molecule has 202 valence electrons. The van der Waals surface area contributed by atoms with Crippen LogP contribution in [0.15, 0.2) is 54.1 Å². The van der Waals surface area contributed by atoms with Crippen molar-refractivity contribution in [1.29, 1.82) is 0 Å². The van der Waals surface area contributed by atoms with Crippen molar-refractivity contribution in [3.8, 4) is 28.7 Å². The molecule has 0 spiro atoms. The number of aliphatic hydroxyl groups excluding tert-OH is 1. The number of ketones is 1. The lowest BCUT2D eigenvalue weighted by Gasteiger charge is -2.28. The SMILES string of the molecule is COc1ccccc1C1/C(=C(\O)c2cc(Cl)c(OC)c(Cl)c2OC)C(=O)C(=O)N1c1ccc2c(c1)OCCO2. The number of para-hydroxylation sites is 1. The van der Waals surface area contributed by atoms with Crippen LogP contribution in [0.1, 0.15) is 17.2 Å². The van der Waals surface area contributed by atoms with Crippen molar-refractivity contribution in [2.75, 3.05) is 39.4 Å². The summed E-state index contributed by atoms with van der Waals surface area (Å²) in [5, 5.41) is 11.7. The van der Waals surface area contributed by atoms with Crippen molar-refractivity contribution in [2.45, 2.75) is 6.04 Å². The van der Waals surface area contributed by atoms with Crippen molar-refractivity contribution in [3.63, 3.8) is 0 Å². The van der Waals surface area contributed by atoms with E-state index in [1.807, 2.05) is 0 Å². The van der Waals surface area contributed by atoms with Crippen LogP contribution in [-0.2, 0) is 9.59 Å². The molecule has 0 radical (unpaired) electrons. The fourth-order valence-corrected chi connectivity index (χ4v) is 5.45. The zero-order chi connectivity index (χ0) is 27.8. The van der Waals surface area contributed by atoms with E-state index < -0.39 is 23.5 Å². The molecule has 1 fully saturated rings. The fourth-order valence-electron chi connectivity index (χ4n) is 4.76. The molecule has 1 atom stereocenters. The van der Waals surface area contributed by atoms with E-state index in [0.29, 0.717) is 41.7 Å². The molecule has 11 heteroatoms. The molecule has 39 heavy (non-hydrogen) atoms. The normalized spacial score (nSPS) is 17.8. The maximum atomic E-state index is 13.6. The first-order chi connectivity index (χ1) is 18.8. The number of carbonyl (C=O) groups is 2. The van der Waals surface area contributed by atoms with Crippen molar-refractivity contribution >= 4 is 46.3 Å². The number of carbonyl (C=O) groups excluding carboxylic acids is 2. The molecule has 0 aliphatic carbocycles. The Hall–Kier alpha value is -4.08. The topological polar surface area (TPSA) is 104 Å². The monoisotopic (exact) mass is 571 g/mol. The first-order valence-corrected chi connectivity index (χ1v) is 12.5. The molecule has 1 saturated heterocycles. The minimum Gasteiger partial charge on any atom is -0.507 e. The largest absolute Gasteiger partial charge is 0.507 e. The highest BCUT2D eigenvalue weighted by molar-refractivity contribution is 6.52. The predicted molar refractivity (Wildman–Crippen MR) is 145 cm³/mol. The third kappa shape index (κ3) is 4.37. The number of halogens is 2. The highest BCUT2D eigenvalue weighted by Crippen LogP contribution is 2.49. The number of benzene rings is 3. The minimum atomic E-state index is -1.09. The van der Waals surface area contributed by atoms with Crippen LogP contribution in [0.3, 0.4) is 0 Å². The van der Waals surface area contributed by atoms with E-state index in [9.17, 15) is 14.7 Å². The third-order valence-corrected chi connectivity index (χ3v) is 7.10. The first-order valence-electron chi connectivity index (χ1n) is 11.8. The number of hydrogen-bond acceptors (Lipinski definition) is 8. The van der Waals surface area contributed by atoms with Gasteiger partial charge in [0.1, 0.15) is 29.7 Å². The highest BCUT2D eigenvalue weighted by Gasteiger charge is 2.48. The predicted octanol–water partition coefficient (Wildman–Crippen LogP) is 5.42. The van der Waals surface area contributed by atoms with E-state index in [4.69, 9.17) is 46.9 Å². The molecular formula is C28H23Cl2NO8. The second-order valence-electron chi connectivity index (χ2n) is 8.53. The number of hydrogen-bond donors (Lipinski definition) is 1. The van der Waals surface area contributed by atoms with Crippen LogP contribution in [-0.4, -0.2) is 51.3 Å². The lowest BCUT2D eigenvalue weighted by Crippen LogP contribution is -2.30. The number of ether oxygens (including phenoxy) is 5. The van der Waals surface area contributed by atoms with Gasteiger partial charge in [-0.15, -0.1) is 0 Å². The number of amides is 1. The lowest BCUT2D eigenvalue weighted by atomic mass is 9.94. The Kier molecular flexibility index (Phi) is 7.20. The molecule has 0 aromatic heterocycles. The molecular weight excluding hydrogens is 549 g/mol. The molecule has 1 unspecified atom stereocenters. The molecule has 0 saturated carbocycles. The number of fused-ring (bicyclic) bond motifs is 1. The minimum absolute atomic E-state index is 0.00775.